The smallest absolute Gasteiger partial charge is 0.0258 e. The molecule has 0 nitrogen and oxygen atoms in total. The average molecular weight is 249 g/mol. The van der Waals surface area contributed by atoms with E-state index in [1.165, 1.54) is 43.2 Å². The molecule has 0 spiro atoms. The molecule has 0 bridgehead atoms. The third kappa shape index (κ3) is 3.89. The molecule has 1 saturated carbocycles. The minimum absolute atomic E-state index is 0.705. The number of hydrogen-bond donors (Lipinski definition) is 0. The fraction of sp³-hybridized carbons (Fsp3) is 0.500. The first kappa shape index (κ1) is 12.7. The summed E-state index contributed by atoms with van der Waals surface area (Å²) >= 11 is 5.64. The maximum absolute atomic E-state index is 5.64. The van der Waals surface area contributed by atoms with Crippen LogP contribution in [0.15, 0.2) is 30.3 Å². The van der Waals surface area contributed by atoms with Crippen molar-refractivity contribution < 1.29 is 0 Å². The molecule has 0 N–H and O–H groups in total. The van der Waals surface area contributed by atoms with Gasteiger partial charge in [0.2, 0.25) is 0 Å². The molecule has 92 valence electrons. The van der Waals surface area contributed by atoms with Gasteiger partial charge in [0.15, 0.2) is 0 Å². The summed E-state index contributed by atoms with van der Waals surface area (Å²) in [5, 5.41) is 0. The van der Waals surface area contributed by atoms with Gasteiger partial charge >= 0.3 is 0 Å². The SMILES string of the molecule is ClCC/C=C/c1ccc(C2CCCCC2)cc1. The third-order valence-electron chi connectivity index (χ3n) is 3.60. The largest absolute Gasteiger partial charge is 0.126 e. The highest BCUT2D eigenvalue weighted by molar-refractivity contribution is 6.17. The minimum atomic E-state index is 0.705. The van der Waals surface area contributed by atoms with Crippen molar-refractivity contribution in [2.45, 2.75) is 44.4 Å². The van der Waals surface area contributed by atoms with E-state index in [2.05, 4.69) is 36.4 Å². The van der Waals surface area contributed by atoms with Gasteiger partial charge in [-0.2, -0.15) is 0 Å². The molecule has 0 aromatic heterocycles. The summed E-state index contributed by atoms with van der Waals surface area (Å²) in [6.07, 6.45) is 12.2. The predicted octanol–water partition coefficient (Wildman–Crippen LogP) is 5.38. The molecular weight excluding hydrogens is 228 g/mol. The van der Waals surface area contributed by atoms with Gasteiger partial charge in [-0.05, 0) is 36.3 Å². The third-order valence-corrected chi connectivity index (χ3v) is 3.82. The fourth-order valence-electron chi connectivity index (χ4n) is 2.60. The summed E-state index contributed by atoms with van der Waals surface area (Å²) in [5.74, 6) is 1.51. The maximum Gasteiger partial charge on any atom is 0.0258 e. The van der Waals surface area contributed by atoms with E-state index in [0.29, 0.717) is 5.88 Å². The van der Waals surface area contributed by atoms with Gasteiger partial charge in [-0.15, -0.1) is 11.6 Å². The summed E-state index contributed by atoms with van der Waals surface area (Å²) in [6.45, 7) is 0. The Kier molecular flexibility index (Phi) is 5.12. The topological polar surface area (TPSA) is 0 Å². The summed E-state index contributed by atoms with van der Waals surface area (Å²) in [5.41, 5.74) is 2.81. The highest BCUT2D eigenvalue weighted by atomic mass is 35.5. The summed E-state index contributed by atoms with van der Waals surface area (Å²) in [4.78, 5) is 0. The molecule has 1 aliphatic carbocycles. The van der Waals surface area contributed by atoms with E-state index in [0.717, 1.165) is 12.3 Å². The van der Waals surface area contributed by atoms with E-state index >= 15 is 0 Å². The molecule has 1 aromatic carbocycles. The van der Waals surface area contributed by atoms with Gasteiger partial charge in [0.25, 0.3) is 0 Å². The second-order valence-electron chi connectivity index (χ2n) is 4.88. The van der Waals surface area contributed by atoms with Gasteiger partial charge < -0.3 is 0 Å². The van der Waals surface area contributed by atoms with Crippen LogP contribution in [-0.2, 0) is 0 Å². The van der Waals surface area contributed by atoms with E-state index < -0.39 is 0 Å². The Morgan fingerprint density at radius 2 is 1.76 bits per heavy atom. The van der Waals surface area contributed by atoms with E-state index in [-0.39, 0.29) is 0 Å². The quantitative estimate of drug-likeness (QED) is 0.628. The lowest BCUT2D eigenvalue weighted by Crippen LogP contribution is -2.04. The standard InChI is InChI=1S/C16H21Cl/c17-13-5-4-6-14-9-11-16(12-10-14)15-7-2-1-3-8-15/h4,6,9-12,15H,1-3,5,7-8,13H2/b6-4+. The van der Waals surface area contributed by atoms with Crippen molar-refractivity contribution in [3.8, 4) is 0 Å². The number of hydrogen-bond acceptors (Lipinski definition) is 0. The summed E-state index contributed by atoms with van der Waals surface area (Å²) in [7, 11) is 0. The molecule has 2 rings (SSSR count). The highest BCUT2D eigenvalue weighted by Gasteiger charge is 2.14. The van der Waals surface area contributed by atoms with Gasteiger partial charge in [0.05, 0.1) is 0 Å². The number of alkyl halides is 1. The van der Waals surface area contributed by atoms with Crippen LogP contribution in [0.4, 0.5) is 0 Å². The lowest BCUT2D eigenvalue weighted by atomic mass is 9.84. The van der Waals surface area contributed by atoms with Crippen molar-refractivity contribution in [1.82, 2.24) is 0 Å². The van der Waals surface area contributed by atoms with E-state index in [1.54, 1.807) is 0 Å². The molecule has 17 heavy (non-hydrogen) atoms. The highest BCUT2D eigenvalue weighted by Crippen LogP contribution is 2.32. The van der Waals surface area contributed by atoms with Crippen molar-refractivity contribution in [1.29, 1.82) is 0 Å². The van der Waals surface area contributed by atoms with Crippen LogP contribution < -0.4 is 0 Å². The van der Waals surface area contributed by atoms with Crippen LogP contribution in [0.25, 0.3) is 6.08 Å². The van der Waals surface area contributed by atoms with Crippen molar-refractivity contribution in [3.05, 3.63) is 41.5 Å². The lowest BCUT2D eigenvalue weighted by molar-refractivity contribution is 0.443. The molecule has 0 atom stereocenters. The number of rotatable bonds is 4. The molecule has 0 unspecified atom stereocenters. The molecule has 0 aliphatic heterocycles. The first-order valence-corrected chi connectivity index (χ1v) is 7.26. The number of allylic oxidation sites excluding steroid dienone is 1. The van der Waals surface area contributed by atoms with Crippen LogP contribution in [0.5, 0.6) is 0 Å². The van der Waals surface area contributed by atoms with E-state index in [4.69, 9.17) is 11.6 Å². The van der Waals surface area contributed by atoms with Crippen molar-refractivity contribution in [2.75, 3.05) is 5.88 Å². The summed E-state index contributed by atoms with van der Waals surface area (Å²) in [6, 6.07) is 9.07. The molecule has 0 saturated heterocycles. The Morgan fingerprint density at radius 3 is 2.41 bits per heavy atom. The van der Waals surface area contributed by atoms with Crippen LogP contribution in [0.3, 0.4) is 0 Å². The Labute approximate surface area is 110 Å². The fourth-order valence-corrected chi connectivity index (χ4v) is 2.72. The van der Waals surface area contributed by atoms with Crippen LogP contribution in [-0.4, -0.2) is 5.88 Å². The molecule has 1 heteroatoms. The Balaban J connectivity index is 1.97. The zero-order chi connectivity index (χ0) is 11.9. The Morgan fingerprint density at radius 1 is 1.06 bits per heavy atom. The predicted molar refractivity (Wildman–Crippen MR) is 76.6 cm³/mol. The molecule has 0 radical (unpaired) electrons. The second kappa shape index (κ2) is 6.86. The van der Waals surface area contributed by atoms with Gasteiger partial charge in [0, 0.05) is 5.88 Å². The molecule has 1 fully saturated rings. The van der Waals surface area contributed by atoms with Gasteiger partial charge in [-0.1, -0.05) is 55.7 Å². The van der Waals surface area contributed by atoms with E-state index in [9.17, 15) is 0 Å². The normalized spacial score (nSPS) is 17.7. The van der Waals surface area contributed by atoms with Crippen LogP contribution in [0, 0.1) is 0 Å². The molecule has 0 heterocycles. The molecule has 1 aromatic rings. The molecule has 1 aliphatic rings. The Bertz CT molecular complexity index is 344. The number of benzene rings is 1. The summed E-state index contributed by atoms with van der Waals surface area (Å²) < 4.78 is 0. The van der Waals surface area contributed by atoms with Crippen LogP contribution in [0.1, 0.15) is 55.6 Å². The zero-order valence-electron chi connectivity index (χ0n) is 10.4. The minimum Gasteiger partial charge on any atom is -0.126 e. The maximum atomic E-state index is 5.64. The van der Waals surface area contributed by atoms with Crippen molar-refractivity contribution >= 4 is 17.7 Å². The van der Waals surface area contributed by atoms with Crippen LogP contribution >= 0.6 is 11.6 Å². The average Bonchev–Trinajstić information content (AvgIpc) is 2.41. The van der Waals surface area contributed by atoms with Gasteiger partial charge in [0.1, 0.15) is 0 Å². The van der Waals surface area contributed by atoms with Gasteiger partial charge in [-0.25, -0.2) is 0 Å². The molecular formula is C16H21Cl. The lowest BCUT2D eigenvalue weighted by Gasteiger charge is -2.21. The second-order valence-corrected chi connectivity index (χ2v) is 5.26. The van der Waals surface area contributed by atoms with Crippen molar-refractivity contribution in [2.24, 2.45) is 0 Å². The monoisotopic (exact) mass is 248 g/mol. The Hall–Kier alpha value is -0.750. The van der Waals surface area contributed by atoms with Gasteiger partial charge in [-0.3, -0.25) is 0 Å². The first-order chi connectivity index (χ1) is 8.40. The van der Waals surface area contributed by atoms with Crippen molar-refractivity contribution in [3.63, 3.8) is 0 Å². The van der Waals surface area contributed by atoms with Crippen LogP contribution in [0.2, 0.25) is 0 Å². The first-order valence-electron chi connectivity index (χ1n) is 6.72. The zero-order valence-corrected chi connectivity index (χ0v) is 11.1. The van der Waals surface area contributed by atoms with E-state index in [1.807, 2.05) is 0 Å². The number of halogens is 1. The molecule has 0 amide bonds.